The molecule has 2 atom stereocenters. The molecular formula is C21H30N6O. The fraction of sp³-hybridized carbons (Fsp3) is 0.571. The Bertz CT molecular complexity index is 775. The number of nitrogens with one attached hydrogen (secondary N) is 2. The van der Waals surface area contributed by atoms with E-state index in [1.165, 1.54) is 18.4 Å². The minimum Gasteiger partial charge on any atom is -0.357 e. The van der Waals surface area contributed by atoms with Crippen molar-refractivity contribution in [3.05, 3.63) is 47.6 Å². The fourth-order valence-electron chi connectivity index (χ4n) is 4.51. The van der Waals surface area contributed by atoms with Crippen molar-refractivity contribution < 1.29 is 4.52 Å². The maximum atomic E-state index is 5.03. The van der Waals surface area contributed by atoms with E-state index in [0.29, 0.717) is 36.4 Å². The second-order valence-corrected chi connectivity index (χ2v) is 7.78. The molecule has 0 radical (unpaired) electrons. The molecule has 2 unspecified atom stereocenters. The molecule has 0 amide bonds. The highest BCUT2D eigenvalue weighted by molar-refractivity contribution is 5.80. The van der Waals surface area contributed by atoms with E-state index in [0.717, 1.165) is 31.9 Å². The lowest BCUT2D eigenvalue weighted by Gasteiger charge is -2.39. The van der Waals surface area contributed by atoms with E-state index in [4.69, 9.17) is 4.52 Å². The van der Waals surface area contributed by atoms with Crippen LogP contribution in [0.3, 0.4) is 0 Å². The van der Waals surface area contributed by atoms with Gasteiger partial charge in [0.15, 0.2) is 11.8 Å². The number of aryl methyl sites for hydroxylation is 1. The smallest absolute Gasteiger partial charge is 0.223 e. The summed E-state index contributed by atoms with van der Waals surface area (Å²) in [5.74, 6) is 2.03. The van der Waals surface area contributed by atoms with Gasteiger partial charge in [-0.1, -0.05) is 35.5 Å². The lowest BCUT2D eigenvalue weighted by Crippen LogP contribution is -2.52. The van der Waals surface area contributed by atoms with Gasteiger partial charge in [-0.25, -0.2) is 4.99 Å². The van der Waals surface area contributed by atoms with Gasteiger partial charge in [0.05, 0.1) is 0 Å². The maximum Gasteiger partial charge on any atom is 0.223 e. The lowest BCUT2D eigenvalue weighted by atomic mass is 9.96. The molecule has 7 nitrogen and oxygen atoms in total. The van der Waals surface area contributed by atoms with Gasteiger partial charge in [-0.3, -0.25) is 4.90 Å². The number of rotatable bonds is 6. The average Bonchev–Trinajstić information content (AvgIpc) is 3.20. The summed E-state index contributed by atoms with van der Waals surface area (Å²) >= 11 is 0. The molecule has 1 aromatic heterocycles. The Hall–Kier alpha value is -2.41. The van der Waals surface area contributed by atoms with Crippen LogP contribution in [0.4, 0.5) is 0 Å². The summed E-state index contributed by atoms with van der Waals surface area (Å²) < 4.78 is 5.03. The van der Waals surface area contributed by atoms with E-state index < -0.39 is 0 Å². The average molecular weight is 383 g/mol. The molecular weight excluding hydrogens is 352 g/mol. The molecule has 2 fully saturated rings. The zero-order chi connectivity index (χ0) is 19.3. The largest absolute Gasteiger partial charge is 0.357 e. The van der Waals surface area contributed by atoms with E-state index >= 15 is 0 Å². The molecule has 2 bridgehead atoms. The van der Waals surface area contributed by atoms with Gasteiger partial charge in [0.1, 0.15) is 6.54 Å². The summed E-state index contributed by atoms with van der Waals surface area (Å²) in [7, 11) is 0. The first-order valence-corrected chi connectivity index (χ1v) is 10.3. The number of benzene rings is 1. The molecule has 2 aromatic rings. The number of aliphatic imine (C=N–C) groups is 1. The molecule has 7 heteroatoms. The standard InChI is InChI=1S/C21H30N6O/c1-3-22-21(23-13-20-24-15(2)28-26-20)25-17-11-18-9-10-19(12-17)27(18)14-16-7-5-4-6-8-16/h4-8,17-19H,3,9-14H2,1-2H3,(H2,22,23,25). The first-order valence-electron chi connectivity index (χ1n) is 10.3. The number of fused-ring (bicyclic) bond motifs is 2. The van der Waals surface area contributed by atoms with Gasteiger partial charge in [0.2, 0.25) is 5.89 Å². The summed E-state index contributed by atoms with van der Waals surface area (Å²) in [6, 6.07) is 12.6. The summed E-state index contributed by atoms with van der Waals surface area (Å²) in [4.78, 5) is 11.6. The quantitative estimate of drug-likeness (QED) is 0.591. The number of nitrogens with zero attached hydrogens (tertiary/aromatic N) is 4. The van der Waals surface area contributed by atoms with Crippen molar-refractivity contribution in [2.75, 3.05) is 6.54 Å². The van der Waals surface area contributed by atoms with Gasteiger partial charge >= 0.3 is 0 Å². The van der Waals surface area contributed by atoms with Crippen molar-refractivity contribution in [3.63, 3.8) is 0 Å². The van der Waals surface area contributed by atoms with E-state index in [9.17, 15) is 0 Å². The Kier molecular flexibility index (Phi) is 5.90. The van der Waals surface area contributed by atoms with Crippen LogP contribution in [0.15, 0.2) is 39.8 Å². The van der Waals surface area contributed by atoms with Gasteiger partial charge in [0, 0.05) is 38.1 Å². The van der Waals surface area contributed by atoms with Crippen LogP contribution < -0.4 is 10.6 Å². The van der Waals surface area contributed by atoms with Gasteiger partial charge in [0.25, 0.3) is 0 Å². The number of hydrogen-bond acceptors (Lipinski definition) is 5. The predicted molar refractivity (Wildman–Crippen MR) is 109 cm³/mol. The molecule has 2 aliphatic rings. The third kappa shape index (κ3) is 4.52. The second kappa shape index (κ2) is 8.73. The van der Waals surface area contributed by atoms with E-state index in [1.54, 1.807) is 6.92 Å². The van der Waals surface area contributed by atoms with Crippen molar-refractivity contribution >= 4 is 5.96 Å². The first-order chi connectivity index (χ1) is 13.7. The molecule has 2 aliphatic heterocycles. The molecule has 3 heterocycles. The molecule has 1 aromatic carbocycles. The van der Waals surface area contributed by atoms with Gasteiger partial charge < -0.3 is 15.2 Å². The Morgan fingerprint density at radius 1 is 1.21 bits per heavy atom. The van der Waals surface area contributed by atoms with E-state index in [2.05, 4.69) is 67.9 Å². The van der Waals surface area contributed by atoms with Gasteiger partial charge in [-0.05, 0) is 38.2 Å². The number of aromatic nitrogens is 2. The monoisotopic (exact) mass is 382 g/mol. The summed E-state index contributed by atoms with van der Waals surface area (Å²) in [5, 5.41) is 10.9. The maximum absolute atomic E-state index is 5.03. The molecule has 0 spiro atoms. The normalized spacial score (nSPS) is 25.1. The summed E-state index contributed by atoms with van der Waals surface area (Å²) in [5.41, 5.74) is 1.41. The molecule has 150 valence electrons. The van der Waals surface area contributed by atoms with Crippen LogP contribution in [-0.4, -0.2) is 45.7 Å². The van der Waals surface area contributed by atoms with Crippen LogP contribution in [0, 0.1) is 6.92 Å². The number of guanidine groups is 1. The van der Waals surface area contributed by atoms with Crippen LogP contribution in [0.1, 0.15) is 49.9 Å². The molecule has 4 rings (SSSR count). The minimum atomic E-state index is 0.423. The van der Waals surface area contributed by atoms with Gasteiger partial charge in [-0.2, -0.15) is 4.98 Å². The van der Waals surface area contributed by atoms with Crippen LogP contribution in [0.5, 0.6) is 0 Å². The molecule has 2 N–H and O–H groups in total. The third-order valence-corrected chi connectivity index (χ3v) is 5.73. The molecule has 2 saturated heterocycles. The Labute approximate surface area is 166 Å². The summed E-state index contributed by atoms with van der Waals surface area (Å²) in [6.45, 7) is 6.20. The second-order valence-electron chi connectivity index (χ2n) is 7.78. The van der Waals surface area contributed by atoms with Crippen LogP contribution in [0.2, 0.25) is 0 Å². The molecule has 0 aliphatic carbocycles. The highest BCUT2D eigenvalue weighted by atomic mass is 16.5. The highest BCUT2D eigenvalue weighted by Crippen LogP contribution is 2.36. The summed E-state index contributed by atoms with van der Waals surface area (Å²) in [6.07, 6.45) is 4.92. The lowest BCUT2D eigenvalue weighted by molar-refractivity contribution is 0.114. The zero-order valence-electron chi connectivity index (χ0n) is 16.8. The third-order valence-electron chi connectivity index (χ3n) is 5.73. The molecule has 0 saturated carbocycles. The Morgan fingerprint density at radius 2 is 1.96 bits per heavy atom. The fourth-order valence-corrected chi connectivity index (χ4v) is 4.51. The zero-order valence-corrected chi connectivity index (χ0v) is 16.8. The van der Waals surface area contributed by atoms with Crippen LogP contribution in [0.25, 0.3) is 0 Å². The minimum absolute atomic E-state index is 0.423. The topological polar surface area (TPSA) is 78.6 Å². The number of piperidine rings is 1. The van der Waals surface area contributed by atoms with Crippen molar-refractivity contribution in [2.45, 2.75) is 70.7 Å². The Balaban J connectivity index is 1.36. The van der Waals surface area contributed by atoms with Crippen molar-refractivity contribution in [1.82, 2.24) is 25.7 Å². The van der Waals surface area contributed by atoms with E-state index in [-0.39, 0.29) is 0 Å². The first kappa shape index (κ1) is 18.9. The SMILES string of the molecule is CCNC(=NCc1noc(C)n1)NC1CC2CCC(C1)N2Cc1ccccc1. The van der Waals surface area contributed by atoms with E-state index in [1.807, 2.05) is 0 Å². The van der Waals surface area contributed by atoms with Gasteiger partial charge in [-0.15, -0.1) is 0 Å². The van der Waals surface area contributed by atoms with Crippen LogP contribution in [-0.2, 0) is 13.1 Å². The van der Waals surface area contributed by atoms with Crippen molar-refractivity contribution in [3.8, 4) is 0 Å². The van der Waals surface area contributed by atoms with Crippen molar-refractivity contribution in [2.24, 2.45) is 4.99 Å². The van der Waals surface area contributed by atoms with Crippen molar-refractivity contribution in [1.29, 1.82) is 0 Å². The molecule has 28 heavy (non-hydrogen) atoms. The van der Waals surface area contributed by atoms with Crippen LogP contribution >= 0.6 is 0 Å². The predicted octanol–water partition coefficient (Wildman–Crippen LogP) is 2.63. The number of hydrogen-bond donors (Lipinski definition) is 2. The highest BCUT2D eigenvalue weighted by Gasteiger charge is 2.40. The Morgan fingerprint density at radius 3 is 2.61 bits per heavy atom.